The first-order valence-electron chi connectivity index (χ1n) is 4.33. The number of hydrogen-bond acceptors (Lipinski definition) is 1. The predicted octanol–water partition coefficient (Wildman–Crippen LogP) is 3.31. The summed E-state index contributed by atoms with van der Waals surface area (Å²) in [7, 11) is 0. The van der Waals surface area contributed by atoms with E-state index in [0.717, 1.165) is 12.1 Å². The fourth-order valence-corrected chi connectivity index (χ4v) is 1.14. The fourth-order valence-electron chi connectivity index (χ4n) is 1.14. The lowest BCUT2D eigenvalue weighted by Gasteiger charge is -2.12. The zero-order valence-corrected chi connectivity index (χ0v) is 8.17. The molecule has 1 N–H and O–H groups in total. The van der Waals surface area contributed by atoms with Crippen molar-refractivity contribution >= 4 is 0 Å². The molecule has 0 spiro atoms. The summed E-state index contributed by atoms with van der Waals surface area (Å²) in [6.45, 7) is 5.14. The smallest absolute Gasteiger partial charge is 0.384 e. The van der Waals surface area contributed by atoms with Crippen molar-refractivity contribution in [2.45, 2.75) is 19.2 Å². The number of hydrogen-bond donors (Lipinski definition) is 1. The van der Waals surface area contributed by atoms with Gasteiger partial charge in [0.1, 0.15) is 0 Å². The Morgan fingerprint density at radius 2 is 1.73 bits per heavy atom. The monoisotopic (exact) mass is 216 g/mol. The molecule has 1 rings (SSSR count). The fraction of sp³-hybridized carbons (Fsp3) is 0.273. The molecular formula is C11H11F3O. The summed E-state index contributed by atoms with van der Waals surface area (Å²) < 4.78 is 36.6. The molecule has 0 aromatic heterocycles. The number of aliphatic hydroxyl groups is 1. The Labute approximate surface area is 85.9 Å². The maximum Gasteiger partial charge on any atom is 0.416 e. The topological polar surface area (TPSA) is 20.2 Å². The van der Waals surface area contributed by atoms with Crippen LogP contribution in [0.3, 0.4) is 0 Å². The van der Waals surface area contributed by atoms with Gasteiger partial charge in [-0.05, 0) is 30.2 Å². The van der Waals surface area contributed by atoms with E-state index in [1.807, 2.05) is 0 Å². The van der Waals surface area contributed by atoms with Crippen LogP contribution in [0.2, 0.25) is 0 Å². The lowest BCUT2D eigenvalue weighted by molar-refractivity contribution is -0.137. The largest absolute Gasteiger partial charge is 0.416 e. The van der Waals surface area contributed by atoms with Gasteiger partial charge < -0.3 is 5.11 Å². The van der Waals surface area contributed by atoms with E-state index in [9.17, 15) is 18.3 Å². The second kappa shape index (κ2) is 4.06. The highest BCUT2D eigenvalue weighted by Crippen LogP contribution is 2.30. The van der Waals surface area contributed by atoms with Crippen molar-refractivity contribution in [1.29, 1.82) is 0 Å². The predicted molar refractivity (Wildman–Crippen MR) is 51.2 cm³/mol. The van der Waals surface area contributed by atoms with Gasteiger partial charge in [0, 0.05) is 0 Å². The van der Waals surface area contributed by atoms with Gasteiger partial charge in [-0.1, -0.05) is 18.7 Å². The van der Waals surface area contributed by atoms with Crippen molar-refractivity contribution < 1.29 is 18.3 Å². The number of alkyl halides is 3. The highest BCUT2D eigenvalue weighted by Gasteiger charge is 2.30. The molecule has 0 aliphatic heterocycles. The molecule has 15 heavy (non-hydrogen) atoms. The van der Waals surface area contributed by atoms with Crippen LogP contribution in [0.25, 0.3) is 0 Å². The van der Waals surface area contributed by atoms with Crippen LogP contribution in [0.4, 0.5) is 13.2 Å². The first kappa shape index (κ1) is 11.8. The van der Waals surface area contributed by atoms with Crippen molar-refractivity contribution in [3.05, 3.63) is 47.5 Å². The average molecular weight is 216 g/mol. The van der Waals surface area contributed by atoms with E-state index < -0.39 is 17.8 Å². The lowest BCUT2D eigenvalue weighted by Crippen LogP contribution is -2.05. The minimum absolute atomic E-state index is 0.413. The summed E-state index contributed by atoms with van der Waals surface area (Å²) >= 11 is 0. The molecule has 0 aliphatic carbocycles. The number of rotatable bonds is 2. The minimum Gasteiger partial charge on any atom is -0.384 e. The van der Waals surface area contributed by atoms with Gasteiger partial charge in [0.05, 0.1) is 11.7 Å². The van der Waals surface area contributed by atoms with E-state index in [2.05, 4.69) is 6.58 Å². The number of aliphatic hydroxyl groups excluding tert-OH is 1. The maximum atomic E-state index is 12.2. The molecule has 1 aromatic carbocycles. The van der Waals surface area contributed by atoms with Crippen LogP contribution in [-0.4, -0.2) is 5.11 Å². The molecule has 1 unspecified atom stereocenters. The molecule has 0 heterocycles. The molecule has 1 aromatic rings. The zero-order valence-electron chi connectivity index (χ0n) is 8.17. The third-order valence-corrected chi connectivity index (χ3v) is 2.02. The molecule has 0 amide bonds. The lowest BCUT2D eigenvalue weighted by atomic mass is 10.0. The van der Waals surface area contributed by atoms with Crippen molar-refractivity contribution in [2.75, 3.05) is 0 Å². The zero-order chi connectivity index (χ0) is 11.6. The van der Waals surface area contributed by atoms with E-state index in [1.54, 1.807) is 6.92 Å². The van der Waals surface area contributed by atoms with Crippen LogP contribution in [0.15, 0.2) is 36.4 Å². The first-order chi connectivity index (χ1) is 6.82. The molecule has 82 valence electrons. The van der Waals surface area contributed by atoms with E-state index in [1.165, 1.54) is 12.1 Å². The van der Waals surface area contributed by atoms with Crippen LogP contribution in [-0.2, 0) is 6.18 Å². The van der Waals surface area contributed by atoms with Gasteiger partial charge in [-0.3, -0.25) is 0 Å². The van der Waals surface area contributed by atoms with E-state index in [0.29, 0.717) is 11.1 Å². The molecule has 0 fully saturated rings. The van der Waals surface area contributed by atoms with Gasteiger partial charge in [-0.2, -0.15) is 13.2 Å². The van der Waals surface area contributed by atoms with Crippen molar-refractivity contribution in [3.63, 3.8) is 0 Å². The Hall–Kier alpha value is -1.29. The van der Waals surface area contributed by atoms with Crippen molar-refractivity contribution in [2.24, 2.45) is 0 Å². The molecular weight excluding hydrogens is 205 g/mol. The average Bonchev–Trinajstić information content (AvgIpc) is 2.15. The third kappa shape index (κ3) is 2.83. The summed E-state index contributed by atoms with van der Waals surface area (Å²) in [5.74, 6) is 0. The Kier molecular flexibility index (Phi) is 3.19. The highest BCUT2D eigenvalue weighted by molar-refractivity contribution is 5.29. The normalized spacial score (nSPS) is 13.7. The Morgan fingerprint density at radius 3 is 2.07 bits per heavy atom. The SMILES string of the molecule is C=C(C)C(O)c1ccc(C(F)(F)F)cc1. The Morgan fingerprint density at radius 1 is 1.27 bits per heavy atom. The Balaban J connectivity index is 2.95. The number of halogens is 3. The van der Waals surface area contributed by atoms with Gasteiger partial charge in [0.25, 0.3) is 0 Å². The standard InChI is InChI=1S/C11H11F3O/c1-7(2)10(15)8-3-5-9(6-4-8)11(12,13)14/h3-6,10,15H,1H2,2H3. The molecule has 0 bridgehead atoms. The van der Waals surface area contributed by atoms with Crippen LogP contribution >= 0.6 is 0 Å². The minimum atomic E-state index is -4.34. The maximum absolute atomic E-state index is 12.2. The van der Waals surface area contributed by atoms with Gasteiger partial charge in [0.2, 0.25) is 0 Å². The molecule has 0 radical (unpaired) electrons. The van der Waals surface area contributed by atoms with Gasteiger partial charge >= 0.3 is 6.18 Å². The molecule has 0 saturated heterocycles. The second-order valence-corrected chi connectivity index (χ2v) is 3.37. The molecule has 1 atom stereocenters. The van der Waals surface area contributed by atoms with Crippen LogP contribution in [0.5, 0.6) is 0 Å². The molecule has 4 heteroatoms. The van der Waals surface area contributed by atoms with E-state index in [4.69, 9.17) is 0 Å². The molecule has 0 aliphatic rings. The summed E-state index contributed by atoms with van der Waals surface area (Å²) in [4.78, 5) is 0. The number of benzene rings is 1. The second-order valence-electron chi connectivity index (χ2n) is 3.37. The summed E-state index contributed by atoms with van der Waals surface area (Å²) in [6, 6.07) is 4.40. The van der Waals surface area contributed by atoms with E-state index in [-0.39, 0.29) is 0 Å². The van der Waals surface area contributed by atoms with Crippen LogP contribution < -0.4 is 0 Å². The van der Waals surface area contributed by atoms with Crippen LogP contribution in [0.1, 0.15) is 24.2 Å². The quantitative estimate of drug-likeness (QED) is 0.752. The third-order valence-electron chi connectivity index (χ3n) is 2.02. The van der Waals surface area contributed by atoms with Crippen LogP contribution in [0, 0.1) is 0 Å². The van der Waals surface area contributed by atoms with Gasteiger partial charge in [-0.25, -0.2) is 0 Å². The summed E-state index contributed by atoms with van der Waals surface area (Å²) in [6.07, 6.45) is -5.25. The molecule has 0 saturated carbocycles. The van der Waals surface area contributed by atoms with Crippen molar-refractivity contribution in [3.8, 4) is 0 Å². The summed E-state index contributed by atoms with van der Waals surface area (Å²) in [5, 5.41) is 9.51. The highest BCUT2D eigenvalue weighted by atomic mass is 19.4. The molecule has 1 nitrogen and oxygen atoms in total. The van der Waals surface area contributed by atoms with Crippen molar-refractivity contribution in [1.82, 2.24) is 0 Å². The summed E-state index contributed by atoms with van der Waals surface area (Å²) in [5.41, 5.74) is 0.186. The van der Waals surface area contributed by atoms with Gasteiger partial charge in [-0.15, -0.1) is 0 Å². The van der Waals surface area contributed by atoms with Gasteiger partial charge in [0.15, 0.2) is 0 Å². The van der Waals surface area contributed by atoms with E-state index >= 15 is 0 Å². The Bertz CT molecular complexity index is 351. The first-order valence-corrected chi connectivity index (χ1v) is 4.33.